The van der Waals surface area contributed by atoms with Crippen molar-refractivity contribution in [1.82, 2.24) is 15.5 Å². The average molecular weight is 390 g/mol. The molecule has 29 heavy (non-hydrogen) atoms. The number of carbonyl (C=O) groups is 1. The fourth-order valence-corrected chi connectivity index (χ4v) is 5.44. The summed E-state index contributed by atoms with van der Waals surface area (Å²) in [6, 6.07) is 14.7. The van der Waals surface area contributed by atoms with Gasteiger partial charge in [-0.15, -0.1) is 0 Å². The van der Waals surface area contributed by atoms with E-state index in [-0.39, 0.29) is 18.0 Å². The monoisotopic (exact) mass is 389 g/mol. The minimum Gasteiger partial charge on any atom is -0.351 e. The Morgan fingerprint density at radius 1 is 0.897 bits per heavy atom. The highest BCUT2D eigenvalue weighted by Crippen LogP contribution is 2.32. The molecule has 1 aliphatic heterocycles. The van der Waals surface area contributed by atoms with Gasteiger partial charge in [0.1, 0.15) is 0 Å². The Morgan fingerprint density at radius 3 is 2.07 bits per heavy atom. The average Bonchev–Trinajstić information content (AvgIpc) is 3.43. The maximum Gasteiger partial charge on any atom is 0.237 e. The Balaban J connectivity index is 1.29. The molecule has 2 aromatic rings. The van der Waals surface area contributed by atoms with E-state index < -0.39 is 0 Å². The van der Waals surface area contributed by atoms with Gasteiger partial charge in [0.05, 0.1) is 6.04 Å². The van der Waals surface area contributed by atoms with Crippen molar-refractivity contribution in [3.63, 3.8) is 0 Å². The van der Waals surface area contributed by atoms with E-state index in [1.165, 1.54) is 33.4 Å². The predicted molar refractivity (Wildman–Crippen MR) is 117 cm³/mol. The van der Waals surface area contributed by atoms with Gasteiger partial charge in [-0.05, 0) is 92.5 Å². The molecular weight excluding hydrogens is 358 g/mol. The minimum atomic E-state index is 0.0575. The molecule has 0 saturated carbocycles. The van der Waals surface area contributed by atoms with E-state index >= 15 is 0 Å². The van der Waals surface area contributed by atoms with Crippen molar-refractivity contribution in [3.8, 4) is 11.1 Å². The molecule has 0 radical (unpaired) electrons. The summed E-state index contributed by atoms with van der Waals surface area (Å²) < 4.78 is 0. The normalized spacial score (nSPS) is 25.8. The fraction of sp³-hybridized carbons (Fsp3) is 0.480. The minimum absolute atomic E-state index is 0.0575. The first-order chi connectivity index (χ1) is 14.1. The summed E-state index contributed by atoms with van der Waals surface area (Å²) in [7, 11) is 4.11. The van der Waals surface area contributed by atoms with E-state index in [0.29, 0.717) is 6.04 Å². The van der Waals surface area contributed by atoms with Gasteiger partial charge >= 0.3 is 0 Å². The molecule has 5 rings (SSSR count). The summed E-state index contributed by atoms with van der Waals surface area (Å²) in [5.74, 6) is 0.209. The maximum atomic E-state index is 12.7. The van der Waals surface area contributed by atoms with Crippen LogP contribution >= 0.6 is 0 Å². The molecule has 1 fully saturated rings. The Kier molecular flexibility index (Phi) is 4.92. The van der Waals surface area contributed by atoms with Crippen molar-refractivity contribution >= 4 is 5.91 Å². The van der Waals surface area contributed by atoms with Crippen LogP contribution in [-0.4, -0.2) is 49.6 Å². The highest BCUT2D eigenvalue weighted by molar-refractivity contribution is 5.82. The quantitative estimate of drug-likeness (QED) is 0.845. The number of fused-ring (bicyclic) bond motifs is 2. The lowest BCUT2D eigenvalue weighted by atomic mass is 9.97. The van der Waals surface area contributed by atoms with Crippen LogP contribution in [0.3, 0.4) is 0 Å². The number of amides is 1. The molecule has 1 amide bonds. The third kappa shape index (κ3) is 3.60. The van der Waals surface area contributed by atoms with Crippen molar-refractivity contribution in [2.75, 3.05) is 20.6 Å². The fourth-order valence-electron chi connectivity index (χ4n) is 5.44. The molecule has 0 spiro atoms. The van der Waals surface area contributed by atoms with Crippen LogP contribution < -0.4 is 10.6 Å². The molecule has 2 aliphatic carbocycles. The Bertz CT molecular complexity index is 938. The first-order valence-corrected chi connectivity index (χ1v) is 11.0. The summed E-state index contributed by atoms with van der Waals surface area (Å²) in [5.41, 5.74) is 8.34. The van der Waals surface area contributed by atoms with E-state index in [2.05, 4.69) is 66.0 Å². The second-order valence-corrected chi connectivity index (χ2v) is 9.11. The van der Waals surface area contributed by atoms with Gasteiger partial charge in [-0.2, -0.15) is 0 Å². The van der Waals surface area contributed by atoms with E-state index in [4.69, 9.17) is 0 Å². The number of likely N-dealkylation sites (tertiary alicyclic amines) is 1. The first-order valence-electron chi connectivity index (χ1n) is 11.0. The lowest BCUT2D eigenvalue weighted by Crippen LogP contribution is -2.46. The van der Waals surface area contributed by atoms with Crippen LogP contribution in [0.5, 0.6) is 0 Å². The number of nitrogens with one attached hydrogen (secondary N) is 2. The molecule has 0 bridgehead atoms. The molecule has 3 aliphatic rings. The number of hydrogen-bond acceptors (Lipinski definition) is 3. The van der Waals surface area contributed by atoms with Gasteiger partial charge in [-0.1, -0.05) is 36.4 Å². The largest absolute Gasteiger partial charge is 0.351 e. The van der Waals surface area contributed by atoms with Gasteiger partial charge < -0.3 is 10.6 Å². The molecule has 2 aromatic carbocycles. The zero-order chi connectivity index (χ0) is 20.0. The molecule has 0 aromatic heterocycles. The van der Waals surface area contributed by atoms with Crippen molar-refractivity contribution in [2.45, 2.75) is 56.7 Å². The van der Waals surface area contributed by atoms with Crippen LogP contribution in [0.2, 0.25) is 0 Å². The molecule has 2 N–H and O–H groups in total. The van der Waals surface area contributed by atoms with Crippen LogP contribution in [0.4, 0.5) is 0 Å². The van der Waals surface area contributed by atoms with Gasteiger partial charge in [-0.25, -0.2) is 0 Å². The van der Waals surface area contributed by atoms with Gasteiger partial charge in [0.15, 0.2) is 0 Å². The highest BCUT2D eigenvalue weighted by Gasteiger charge is 2.31. The van der Waals surface area contributed by atoms with E-state index in [1.807, 2.05) is 0 Å². The zero-order valence-electron chi connectivity index (χ0n) is 17.5. The van der Waals surface area contributed by atoms with E-state index in [0.717, 1.165) is 45.1 Å². The Labute approximate surface area is 173 Å². The summed E-state index contributed by atoms with van der Waals surface area (Å²) in [5, 5.41) is 6.72. The van der Waals surface area contributed by atoms with Crippen LogP contribution in [-0.2, 0) is 30.5 Å². The second-order valence-electron chi connectivity index (χ2n) is 9.11. The van der Waals surface area contributed by atoms with Crippen molar-refractivity contribution in [1.29, 1.82) is 0 Å². The third-order valence-electron chi connectivity index (χ3n) is 7.19. The summed E-state index contributed by atoms with van der Waals surface area (Å²) in [6.07, 6.45) is 6.25. The number of hydrogen-bond donors (Lipinski definition) is 2. The van der Waals surface area contributed by atoms with E-state index in [9.17, 15) is 4.79 Å². The molecule has 4 heteroatoms. The topological polar surface area (TPSA) is 44.4 Å². The lowest BCUT2D eigenvalue weighted by molar-refractivity contribution is -0.125. The summed E-state index contributed by atoms with van der Waals surface area (Å²) >= 11 is 0. The van der Waals surface area contributed by atoms with Crippen LogP contribution in [0.25, 0.3) is 11.1 Å². The highest BCUT2D eigenvalue weighted by atomic mass is 16.2. The number of benzene rings is 2. The second kappa shape index (κ2) is 7.58. The molecule has 152 valence electrons. The Hall–Kier alpha value is -2.17. The molecule has 1 saturated heterocycles. The van der Waals surface area contributed by atoms with Gasteiger partial charge in [0.2, 0.25) is 5.91 Å². The van der Waals surface area contributed by atoms with Crippen molar-refractivity contribution < 1.29 is 4.79 Å². The van der Waals surface area contributed by atoms with E-state index in [1.54, 1.807) is 0 Å². The number of nitrogens with zero attached hydrogens (tertiary/aromatic N) is 1. The van der Waals surface area contributed by atoms with Crippen LogP contribution in [0.1, 0.15) is 35.1 Å². The molecule has 3 atom stereocenters. The standard InChI is InChI=1S/C25H31N3O/c1-26-22-12-18-7-5-16(10-20(18)14-22)17-6-8-19-13-23(15-21(19)11-17)27-25(29)24-4-3-9-28(24)2/h5-8,10-11,22-24,26H,3-4,9,12-15H2,1-2H3,(H,27,29)/t22?,23?,24-/m0/s1. The zero-order valence-corrected chi connectivity index (χ0v) is 17.5. The molecule has 4 nitrogen and oxygen atoms in total. The SMILES string of the molecule is CNC1Cc2ccc(-c3ccc4c(c3)CC(NC(=O)[C@@H]3CCCN3C)C4)cc2C1. The van der Waals surface area contributed by atoms with Gasteiger partial charge in [0.25, 0.3) is 0 Å². The van der Waals surface area contributed by atoms with Crippen molar-refractivity contribution in [3.05, 3.63) is 58.7 Å². The van der Waals surface area contributed by atoms with Crippen LogP contribution in [0.15, 0.2) is 36.4 Å². The molecule has 1 heterocycles. The smallest absolute Gasteiger partial charge is 0.237 e. The maximum absolute atomic E-state index is 12.7. The number of carbonyl (C=O) groups excluding carboxylic acids is 1. The van der Waals surface area contributed by atoms with Gasteiger partial charge in [-0.3, -0.25) is 9.69 Å². The summed E-state index contributed by atoms with van der Waals surface area (Å²) in [4.78, 5) is 14.8. The third-order valence-corrected chi connectivity index (χ3v) is 7.19. The lowest BCUT2D eigenvalue weighted by Gasteiger charge is -2.21. The number of rotatable bonds is 4. The Morgan fingerprint density at radius 2 is 1.48 bits per heavy atom. The first kappa shape index (κ1) is 18.8. The molecule has 2 unspecified atom stereocenters. The van der Waals surface area contributed by atoms with Gasteiger partial charge in [0, 0.05) is 12.1 Å². The number of likely N-dealkylation sites (N-methyl/N-ethyl adjacent to an activating group) is 2. The predicted octanol–water partition coefficient (Wildman–Crippen LogP) is 2.72. The summed E-state index contributed by atoms with van der Waals surface area (Å²) in [6.45, 7) is 1.03. The molecular formula is C25H31N3O. The van der Waals surface area contributed by atoms with Crippen molar-refractivity contribution in [2.24, 2.45) is 0 Å². The van der Waals surface area contributed by atoms with Crippen LogP contribution in [0, 0.1) is 0 Å².